The van der Waals surface area contributed by atoms with Crippen molar-refractivity contribution in [2.75, 3.05) is 5.43 Å². The van der Waals surface area contributed by atoms with E-state index in [1.807, 2.05) is 0 Å². The smallest absolute Gasteiger partial charge is 0.258 e. The maximum absolute atomic E-state index is 12.3. The first-order valence-electron chi connectivity index (χ1n) is 7.54. The fraction of sp³-hybridized carbons (Fsp3) is 0.143. The first-order chi connectivity index (χ1) is 13.4. The number of hydrogen-bond acceptors (Lipinski definition) is 9. The van der Waals surface area contributed by atoms with Crippen LogP contribution >= 0.6 is 0 Å². The van der Waals surface area contributed by atoms with Gasteiger partial charge in [-0.05, 0) is 13.8 Å². The lowest BCUT2D eigenvalue weighted by atomic mass is 10.1. The second-order valence-corrected chi connectivity index (χ2v) is 5.68. The zero-order valence-corrected chi connectivity index (χ0v) is 14.7. The van der Waals surface area contributed by atoms with Crippen LogP contribution in [-0.4, -0.2) is 24.6 Å². The molecule has 0 saturated carbocycles. The summed E-state index contributed by atoms with van der Waals surface area (Å²) >= 11 is 0. The van der Waals surface area contributed by atoms with Gasteiger partial charge in [-0.25, -0.2) is 0 Å². The van der Waals surface area contributed by atoms with Crippen LogP contribution in [-0.2, 0) is 0 Å². The van der Waals surface area contributed by atoms with Gasteiger partial charge in [0.05, 0.1) is 36.7 Å². The number of nitro benzene ring substituents is 4. The average Bonchev–Trinajstić information content (AvgIpc) is 2.61. The fourth-order valence-corrected chi connectivity index (χ4v) is 2.48. The van der Waals surface area contributed by atoms with Gasteiger partial charge in [-0.15, -0.1) is 5.43 Å². The number of benzene rings is 2. The highest BCUT2D eigenvalue weighted by Crippen LogP contribution is 2.35. The Morgan fingerprint density at radius 1 is 0.621 bits per heavy atom. The number of nitroso groups, excluding NO2 is 1. The van der Waals surface area contributed by atoms with Crippen molar-refractivity contribution in [3.63, 3.8) is 0 Å². The van der Waals surface area contributed by atoms with E-state index in [0.717, 1.165) is 38.1 Å². The summed E-state index contributed by atoms with van der Waals surface area (Å²) in [4.78, 5) is 53.0. The van der Waals surface area contributed by atoms with Crippen molar-refractivity contribution >= 4 is 34.1 Å². The molecule has 0 atom stereocenters. The molecule has 0 amide bonds. The Morgan fingerprint density at radius 3 is 1.24 bits per heavy atom. The molecular weight excluding hydrogens is 396 g/mol. The number of hydrogen-bond donors (Lipinski definition) is 1. The molecule has 1 N–H and O–H groups in total. The van der Waals surface area contributed by atoms with Crippen LogP contribution in [0.1, 0.15) is 11.1 Å². The standard InChI is InChI=1S/C14H11N6O9/c1-7-11(17(22)23)3-9(4-12(7)18(24)25)15-16(21)10-5-13(19(26)27)8(2)14(6-10)20(28)29/h3-6H,1-2H3,(H,15,21)/q+1. The fourth-order valence-electron chi connectivity index (χ4n) is 2.48. The number of nitro groups is 4. The highest BCUT2D eigenvalue weighted by Gasteiger charge is 2.31. The van der Waals surface area contributed by atoms with E-state index in [-0.39, 0.29) is 21.7 Å². The molecule has 0 aliphatic heterocycles. The number of nitrogens with zero attached hydrogens (tertiary/aromatic N) is 5. The maximum atomic E-state index is 12.3. The Labute approximate surface area is 159 Å². The molecule has 15 heteroatoms. The normalized spacial score (nSPS) is 10.3. The predicted octanol–water partition coefficient (Wildman–Crippen LogP) is 3.37. The molecule has 2 aromatic rings. The topological polar surface area (TPSA) is 205 Å². The second kappa shape index (κ2) is 7.59. The summed E-state index contributed by atoms with van der Waals surface area (Å²) in [5.41, 5.74) is -2.07. The molecule has 0 bridgehead atoms. The summed E-state index contributed by atoms with van der Waals surface area (Å²) in [6.07, 6.45) is 0. The van der Waals surface area contributed by atoms with E-state index in [9.17, 15) is 45.4 Å². The molecular formula is C14H11N6O9+. The van der Waals surface area contributed by atoms with Crippen molar-refractivity contribution in [3.8, 4) is 0 Å². The summed E-state index contributed by atoms with van der Waals surface area (Å²) in [5.74, 6) is 0. The molecule has 0 aliphatic carbocycles. The second-order valence-electron chi connectivity index (χ2n) is 5.68. The van der Waals surface area contributed by atoms with Crippen molar-refractivity contribution in [2.45, 2.75) is 13.8 Å². The quantitative estimate of drug-likeness (QED) is 0.402. The van der Waals surface area contributed by atoms with Crippen LogP contribution < -0.4 is 5.43 Å². The first-order valence-corrected chi connectivity index (χ1v) is 7.54. The van der Waals surface area contributed by atoms with Crippen molar-refractivity contribution in [3.05, 3.63) is 80.8 Å². The van der Waals surface area contributed by atoms with Crippen LogP contribution in [0.3, 0.4) is 0 Å². The Bertz CT molecular complexity index is 1030. The van der Waals surface area contributed by atoms with Crippen LogP contribution in [0.2, 0.25) is 0 Å². The molecule has 0 radical (unpaired) electrons. The Hall–Kier alpha value is -4.56. The molecule has 0 unspecified atom stereocenters. The molecule has 150 valence electrons. The van der Waals surface area contributed by atoms with Gasteiger partial charge < -0.3 is 0 Å². The number of anilines is 1. The molecule has 2 rings (SSSR count). The van der Waals surface area contributed by atoms with Crippen LogP contribution in [0, 0.1) is 59.2 Å². The van der Waals surface area contributed by atoms with Crippen molar-refractivity contribution in [2.24, 2.45) is 0 Å². The lowest BCUT2D eigenvalue weighted by molar-refractivity contribution is -0.432. The van der Waals surface area contributed by atoms with Crippen LogP contribution in [0.4, 0.5) is 34.1 Å². The minimum atomic E-state index is -0.915. The van der Waals surface area contributed by atoms with Crippen molar-refractivity contribution in [1.29, 1.82) is 0 Å². The van der Waals surface area contributed by atoms with E-state index in [4.69, 9.17) is 0 Å². The van der Waals surface area contributed by atoms with Gasteiger partial charge in [0.1, 0.15) is 16.8 Å². The summed E-state index contributed by atoms with van der Waals surface area (Å²) in [5, 5.41) is 44.4. The Morgan fingerprint density at radius 2 is 0.931 bits per heavy atom. The van der Waals surface area contributed by atoms with Gasteiger partial charge in [-0.2, -0.15) is 0 Å². The number of nitrogens with one attached hydrogen (secondary N) is 1. The zero-order valence-electron chi connectivity index (χ0n) is 14.7. The number of rotatable bonds is 7. The van der Waals surface area contributed by atoms with E-state index in [2.05, 4.69) is 5.43 Å². The summed E-state index contributed by atoms with van der Waals surface area (Å²) in [6, 6.07) is 3.23. The van der Waals surface area contributed by atoms with Gasteiger partial charge in [0.2, 0.25) is 0 Å². The first kappa shape index (κ1) is 20.7. The average molecular weight is 407 g/mol. The van der Waals surface area contributed by atoms with Crippen molar-refractivity contribution < 1.29 is 24.6 Å². The van der Waals surface area contributed by atoms with Gasteiger partial charge in [-0.3, -0.25) is 40.5 Å². The van der Waals surface area contributed by atoms with Crippen LogP contribution in [0.25, 0.3) is 0 Å². The highest BCUT2D eigenvalue weighted by atomic mass is 16.6. The van der Waals surface area contributed by atoms with Gasteiger partial charge >= 0.3 is 5.69 Å². The summed E-state index contributed by atoms with van der Waals surface area (Å²) < 4.78 is 0. The van der Waals surface area contributed by atoms with E-state index < -0.39 is 48.1 Å². The van der Waals surface area contributed by atoms with Gasteiger partial charge in [-0.1, -0.05) is 0 Å². The lowest BCUT2D eigenvalue weighted by Gasteiger charge is -2.03. The third kappa shape index (κ3) is 4.07. The van der Waals surface area contributed by atoms with E-state index in [0.29, 0.717) is 0 Å². The zero-order chi connectivity index (χ0) is 22.0. The number of hydrazine groups is 1. The third-order valence-corrected chi connectivity index (χ3v) is 3.94. The molecule has 0 fully saturated rings. The lowest BCUT2D eigenvalue weighted by Crippen LogP contribution is -2.12. The molecule has 0 aliphatic rings. The predicted molar refractivity (Wildman–Crippen MR) is 95.9 cm³/mol. The van der Waals surface area contributed by atoms with Gasteiger partial charge in [0.25, 0.3) is 22.7 Å². The molecule has 0 aromatic heterocycles. The summed E-state index contributed by atoms with van der Waals surface area (Å²) in [7, 11) is 0. The minimum absolute atomic E-state index is 0.127. The monoisotopic (exact) mass is 407 g/mol. The van der Waals surface area contributed by atoms with Gasteiger partial charge in [0, 0.05) is 12.1 Å². The van der Waals surface area contributed by atoms with Crippen LogP contribution in [0.15, 0.2) is 24.3 Å². The Balaban J connectivity index is 2.55. The van der Waals surface area contributed by atoms with Crippen LogP contribution in [0.5, 0.6) is 0 Å². The molecule has 2 aromatic carbocycles. The summed E-state index contributed by atoms with van der Waals surface area (Å²) in [6.45, 7) is 2.29. The molecule has 29 heavy (non-hydrogen) atoms. The molecule has 0 saturated heterocycles. The maximum Gasteiger partial charge on any atom is 0.306 e. The molecule has 0 spiro atoms. The Kier molecular flexibility index (Phi) is 5.43. The van der Waals surface area contributed by atoms with E-state index in [1.165, 1.54) is 0 Å². The SMILES string of the molecule is Cc1c([N+](=O)[O-])cc(N[N+](=O)c2cc([N+](=O)[O-])c(C)c([N+](=O)[O-])c2)cc1[N+](=O)[O-]. The molecule has 0 heterocycles. The van der Waals surface area contributed by atoms with E-state index >= 15 is 0 Å². The highest BCUT2D eigenvalue weighted by molar-refractivity contribution is 5.64. The van der Waals surface area contributed by atoms with Crippen molar-refractivity contribution in [1.82, 2.24) is 0 Å². The largest absolute Gasteiger partial charge is 0.306 e. The van der Waals surface area contributed by atoms with Gasteiger partial charge in [0.15, 0.2) is 4.87 Å². The van der Waals surface area contributed by atoms with E-state index in [1.54, 1.807) is 0 Å². The minimum Gasteiger partial charge on any atom is -0.258 e. The third-order valence-electron chi connectivity index (χ3n) is 3.94. The molecule has 15 nitrogen and oxygen atoms in total.